The van der Waals surface area contributed by atoms with Gasteiger partial charge in [-0.25, -0.2) is 4.57 Å². The Balaban J connectivity index is 4.34. The van der Waals surface area contributed by atoms with Crippen LogP contribution in [0.3, 0.4) is 0 Å². The molecule has 0 aromatic heterocycles. The fourth-order valence-corrected chi connectivity index (χ4v) is 8.63. The summed E-state index contributed by atoms with van der Waals surface area (Å²) in [7, 11) is 1.55. The van der Waals surface area contributed by atoms with E-state index in [2.05, 4.69) is 55.6 Å². The average Bonchev–Trinajstić information content (AvgIpc) is 3.26. The lowest BCUT2D eigenvalue weighted by Gasteiger charge is -2.25. The highest BCUT2D eigenvalue weighted by Gasteiger charge is 2.27. The first-order valence-corrected chi connectivity index (χ1v) is 29.0. The quantitative estimate of drug-likeness (QED) is 0.0243. The SMILES string of the molecule is CCCCCCCCCC/C=C\CCCCCCCCCC(=O)NC(COP(=O)(O)OCC[N+](C)(C)C)C(O)/C=C/CC/C=C/CC/C=C/CCCCCCCCCCCCCCCC. The highest BCUT2D eigenvalue weighted by Crippen LogP contribution is 2.43. The monoisotopic (exact) mass is 936 g/mol. The Morgan fingerprint density at radius 3 is 1.23 bits per heavy atom. The van der Waals surface area contributed by atoms with Gasteiger partial charge >= 0.3 is 7.82 Å². The first-order chi connectivity index (χ1) is 31.5. The van der Waals surface area contributed by atoms with E-state index in [1.807, 2.05) is 27.2 Å². The number of rotatable bonds is 50. The number of amides is 1. The van der Waals surface area contributed by atoms with E-state index in [0.717, 1.165) is 44.9 Å². The Labute approximate surface area is 403 Å². The number of carbonyl (C=O) groups excluding carboxylic acids is 1. The van der Waals surface area contributed by atoms with Gasteiger partial charge in [-0.2, -0.15) is 0 Å². The molecule has 0 saturated carbocycles. The summed E-state index contributed by atoms with van der Waals surface area (Å²) in [4.78, 5) is 23.2. The lowest BCUT2D eigenvalue weighted by Crippen LogP contribution is -2.45. The number of nitrogens with zero attached hydrogens (tertiary/aromatic N) is 1. The van der Waals surface area contributed by atoms with Gasteiger partial charge < -0.3 is 19.8 Å². The summed E-state index contributed by atoms with van der Waals surface area (Å²) >= 11 is 0. The van der Waals surface area contributed by atoms with Crippen LogP contribution >= 0.6 is 7.82 Å². The number of likely N-dealkylation sites (N-methyl/N-ethyl adjacent to an activating group) is 1. The normalized spacial score (nSPS) is 14.4. The first kappa shape index (κ1) is 63.5. The summed E-state index contributed by atoms with van der Waals surface area (Å²) in [6.45, 7) is 4.80. The van der Waals surface area contributed by atoms with Crippen LogP contribution in [0.15, 0.2) is 48.6 Å². The van der Waals surface area contributed by atoms with Crippen molar-refractivity contribution in [2.75, 3.05) is 40.9 Å². The number of phosphoric acid groups is 1. The van der Waals surface area contributed by atoms with Crippen LogP contribution in [0.25, 0.3) is 0 Å². The minimum absolute atomic E-state index is 0.0521. The Hall–Kier alpha value is -1.54. The van der Waals surface area contributed by atoms with Gasteiger partial charge in [0.25, 0.3) is 0 Å². The third-order valence-electron chi connectivity index (χ3n) is 12.2. The number of unbranched alkanes of at least 4 members (excludes halogenated alkanes) is 31. The van der Waals surface area contributed by atoms with Gasteiger partial charge in [0.05, 0.1) is 39.9 Å². The van der Waals surface area contributed by atoms with E-state index < -0.39 is 20.0 Å². The maximum Gasteiger partial charge on any atom is 0.472 e. The molecule has 0 spiro atoms. The number of aliphatic hydroxyl groups is 1. The second kappa shape index (κ2) is 47.5. The number of nitrogens with one attached hydrogen (secondary N) is 1. The van der Waals surface area contributed by atoms with Crippen molar-refractivity contribution in [1.29, 1.82) is 0 Å². The minimum atomic E-state index is -4.36. The molecule has 382 valence electrons. The molecule has 0 radical (unpaired) electrons. The fourth-order valence-electron chi connectivity index (χ4n) is 7.89. The van der Waals surface area contributed by atoms with Crippen molar-refractivity contribution in [3.05, 3.63) is 48.6 Å². The van der Waals surface area contributed by atoms with Gasteiger partial charge in [0.15, 0.2) is 0 Å². The van der Waals surface area contributed by atoms with Crippen molar-refractivity contribution in [3.8, 4) is 0 Å². The molecule has 65 heavy (non-hydrogen) atoms. The third kappa shape index (κ3) is 50.2. The predicted molar refractivity (Wildman–Crippen MR) is 281 cm³/mol. The highest BCUT2D eigenvalue weighted by atomic mass is 31.2. The Morgan fingerprint density at radius 2 is 0.846 bits per heavy atom. The molecule has 0 heterocycles. The number of quaternary nitrogens is 1. The standard InChI is InChI=1S/C56H107N2O6P/c1-6-8-10-12-14-16-18-20-22-24-26-27-28-29-30-32-33-35-37-39-41-43-45-47-49-55(59)54(53-64-65(61,62)63-52-51-58(3,4)5)57-56(60)50-48-46-44-42-40-38-36-34-31-25-23-21-19-17-15-13-11-9-7-2/h25,31-33,39,41,47,49,54-55,59H,6-24,26-30,34-38,40,42-46,48,50-53H2,1-5H3,(H-,57,60,61,62)/p+1/b31-25-,33-32+,41-39+,49-47+. The van der Waals surface area contributed by atoms with Crippen molar-refractivity contribution >= 4 is 13.7 Å². The summed E-state index contributed by atoms with van der Waals surface area (Å²) in [6, 6.07) is -0.873. The second-order valence-corrected chi connectivity index (χ2v) is 21.4. The molecule has 0 aliphatic carbocycles. The van der Waals surface area contributed by atoms with Crippen LogP contribution in [0.5, 0.6) is 0 Å². The largest absolute Gasteiger partial charge is 0.472 e. The van der Waals surface area contributed by atoms with Gasteiger partial charge in [-0.05, 0) is 70.6 Å². The van der Waals surface area contributed by atoms with Crippen LogP contribution < -0.4 is 5.32 Å². The second-order valence-electron chi connectivity index (χ2n) is 19.9. The van der Waals surface area contributed by atoms with E-state index in [9.17, 15) is 19.4 Å². The zero-order valence-corrected chi connectivity index (χ0v) is 44.4. The molecule has 0 aromatic rings. The molecule has 9 heteroatoms. The van der Waals surface area contributed by atoms with Crippen LogP contribution in [0.1, 0.15) is 251 Å². The van der Waals surface area contributed by atoms with Crippen LogP contribution in [-0.4, -0.2) is 73.4 Å². The van der Waals surface area contributed by atoms with E-state index in [4.69, 9.17) is 9.05 Å². The van der Waals surface area contributed by atoms with E-state index in [1.165, 1.54) is 186 Å². The van der Waals surface area contributed by atoms with Crippen molar-refractivity contribution in [3.63, 3.8) is 0 Å². The van der Waals surface area contributed by atoms with Crippen molar-refractivity contribution in [1.82, 2.24) is 5.32 Å². The fraction of sp³-hybridized carbons (Fsp3) is 0.839. The minimum Gasteiger partial charge on any atom is -0.387 e. The summed E-state index contributed by atoms with van der Waals surface area (Å²) in [6.07, 6.45) is 62.1. The summed E-state index contributed by atoms with van der Waals surface area (Å²) < 4.78 is 23.7. The molecule has 1 amide bonds. The van der Waals surface area contributed by atoms with E-state index in [0.29, 0.717) is 17.4 Å². The first-order valence-electron chi connectivity index (χ1n) is 27.5. The molecule has 0 fully saturated rings. The molecule has 0 aliphatic rings. The van der Waals surface area contributed by atoms with Crippen LogP contribution in [-0.2, 0) is 18.4 Å². The summed E-state index contributed by atoms with van der Waals surface area (Å²) in [5, 5.41) is 13.9. The van der Waals surface area contributed by atoms with Gasteiger partial charge in [-0.15, -0.1) is 0 Å². The molecule has 0 saturated heterocycles. The smallest absolute Gasteiger partial charge is 0.387 e. The lowest BCUT2D eigenvalue weighted by atomic mass is 10.0. The van der Waals surface area contributed by atoms with Crippen molar-refractivity contribution < 1.29 is 32.9 Å². The van der Waals surface area contributed by atoms with Gasteiger partial charge in [0.2, 0.25) is 5.91 Å². The number of phosphoric ester groups is 1. The number of hydrogen-bond acceptors (Lipinski definition) is 5. The van der Waals surface area contributed by atoms with Crippen LogP contribution in [0.2, 0.25) is 0 Å². The number of allylic oxidation sites excluding steroid dienone is 7. The third-order valence-corrected chi connectivity index (χ3v) is 13.2. The highest BCUT2D eigenvalue weighted by molar-refractivity contribution is 7.47. The Kier molecular flexibility index (Phi) is 46.4. The lowest BCUT2D eigenvalue weighted by molar-refractivity contribution is -0.870. The summed E-state index contributed by atoms with van der Waals surface area (Å²) in [5.74, 6) is -0.194. The van der Waals surface area contributed by atoms with Gasteiger partial charge in [0.1, 0.15) is 13.2 Å². The molecule has 3 unspecified atom stereocenters. The number of carbonyl (C=O) groups is 1. The predicted octanol–water partition coefficient (Wildman–Crippen LogP) is 16.4. The Bertz CT molecular complexity index is 1200. The molecule has 3 N–H and O–H groups in total. The van der Waals surface area contributed by atoms with E-state index in [1.54, 1.807) is 6.08 Å². The molecular formula is C56H108N2O6P+. The molecular weight excluding hydrogens is 828 g/mol. The van der Waals surface area contributed by atoms with Crippen LogP contribution in [0, 0.1) is 0 Å². The van der Waals surface area contributed by atoms with Gasteiger partial charge in [-0.1, -0.05) is 223 Å². The number of hydrogen-bond donors (Lipinski definition) is 3. The molecule has 0 aromatic carbocycles. The van der Waals surface area contributed by atoms with Gasteiger partial charge in [0, 0.05) is 6.42 Å². The summed E-state index contributed by atoms with van der Waals surface area (Å²) in [5.41, 5.74) is 0. The van der Waals surface area contributed by atoms with Gasteiger partial charge in [-0.3, -0.25) is 13.8 Å². The molecule has 0 aliphatic heterocycles. The van der Waals surface area contributed by atoms with E-state index in [-0.39, 0.29) is 19.1 Å². The van der Waals surface area contributed by atoms with E-state index >= 15 is 0 Å². The topological polar surface area (TPSA) is 105 Å². The molecule has 0 bridgehead atoms. The van der Waals surface area contributed by atoms with Crippen molar-refractivity contribution in [2.24, 2.45) is 0 Å². The average molecular weight is 936 g/mol. The van der Waals surface area contributed by atoms with Crippen LogP contribution in [0.4, 0.5) is 0 Å². The molecule has 0 rings (SSSR count). The maximum absolute atomic E-state index is 12.9. The number of aliphatic hydroxyl groups excluding tert-OH is 1. The molecule has 3 atom stereocenters. The van der Waals surface area contributed by atoms with Crippen molar-refractivity contribution in [2.45, 2.75) is 264 Å². The molecule has 8 nitrogen and oxygen atoms in total. The maximum atomic E-state index is 12.9. The zero-order valence-electron chi connectivity index (χ0n) is 43.5. The Morgan fingerprint density at radius 1 is 0.508 bits per heavy atom. The zero-order chi connectivity index (χ0) is 47.8.